The molecule has 2 nitrogen and oxygen atoms in total. The van der Waals surface area contributed by atoms with E-state index in [0.29, 0.717) is 0 Å². The van der Waals surface area contributed by atoms with Gasteiger partial charge in [0.25, 0.3) is 0 Å². The van der Waals surface area contributed by atoms with Crippen LogP contribution in [0.4, 0.5) is 0 Å². The highest BCUT2D eigenvalue weighted by molar-refractivity contribution is 7.98. The largest absolute Gasteiger partial charge is 0.316 e. The number of hydrogen-bond donors (Lipinski definition) is 1. The summed E-state index contributed by atoms with van der Waals surface area (Å²) in [6.07, 6.45) is 3.76. The first-order valence-corrected chi connectivity index (χ1v) is 8.73. The molecule has 0 saturated heterocycles. The molecule has 126 valence electrons. The average Bonchev–Trinajstić information content (AvgIpc) is 2.74. The molecule has 1 aromatic carbocycles. The van der Waals surface area contributed by atoms with Gasteiger partial charge >= 0.3 is 0 Å². The van der Waals surface area contributed by atoms with Gasteiger partial charge in [-0.15, -0.1) is 36.6 Å². The summed E-state index contributed by atoms with van der Waals surface area (Å²) in [5, 5.41) is 4.96. The van der Waals surface area contributed by atoms with Gasteiger partial charge in [-0.3, -0.25) is 4.98 Å². The molecule has 3 rings (SSSR count). The molecule has 0 saturated carbocycles. The summed E-state index contributed by atoms with van der Waals surface area (Å²) in [5.74, 6) is 0.821. The molecule has 1 N–H and O–H groups in total. The van der Waals surface area contributed by atoms with Crippen LogP contribution in [0.25, 0.3) is 0 Å². The maximum absolute atomic E-state index is 6.44. The molecule has 2 heterocycles. The molecule has 1 aliphatic rings. The second-order valence-corrected chi connectivity index (χ2v) is 6.79. The van der Waals surface area contributed by atoms with E-state index in [0.717, 1.165) is 52.3 Å². The normalized spacial score (nSPS) is 13.3. The van der Waals surface area contributed by atoms with Crippen LogP contribution in [0.5, 0.6) is 0 Å². The number of thioether (sulfide) groups is 1. The van der Waals surface area contributed by atoms with Crippen molar-refractivity contribution in [3.63, 3.8) is 0 Å². The second-order valence-electron chi connectivity index (χ2n) is 4.99. The van der Waals surface area contributed by atoms with E-state index in [-0.39, 0.29) is 24.8 Å². The second kappa shape index (κ2) is 9.97. The van der Waals surface area contributed by atoms with Crippen molar-refractivity contribution >= 4 is 59.8 Å². The van der Waals surface area contributed by atoms with Gasteiger partial charge in [-0.2, -0.15) is 0 Å². The predicted molar refractivity (Wildman–Crippen MR) is 105 cm³/mol. The first-order chi connectivity index (χ1) is 10.3. The van der Waals surface area contributed by atoms with Gasteiger partial charge in [0.05, 0.1) is 10.7 Å². The van der Waals surface area contributed by atoms with E-state index in [1.54, 1.807) is 11.8 Å². The smallest absolute Gasteiger partial charge is 0.0559 e. The van der Waals surface area contributed by atoms with E-state index < -0.39 is 0 Å². The van der Waals surface area contributed by atoms with Crippen molar-refractivity contribution < 1.29 is 0 Å². The third-order valence-electron chi connectivity index (χ3n) is 3.59. The van der Waals surface area contributed by atoms with Crippen molar-refractivity contribution in [2.45, 2.75) is 23.5 Å². The van der Waals surface area contributed by atoms with Gasteiger partial charge in [0.1, 0.15) is 0 Å². The molecule has 0 radical (unpaired) electrons. The number of nitrogens with zero attached hydrogens (tertiary/aromatic N) is 1. The van der Waals surface area contributed by atoms with Crippen molar-refractivity contribution in [3.05, 3.63) is 57.3 Å². The molecular formula is C16H18Cl4N2S. The molecule has 2 aromatic rings. The fourth-order valence-electron chi connectivity index (χ4n) is 2.56. The number of fused-ring (bicyclic) bond motifs is 1. The first kappa shape index (κ1) is 20.9. The highest BCUT2D eigenvalue weighted by Gasteiger charge is 2.18. The van der Waals surface area contributed by atoms with Gasteiger partial charge in [0.15, 0.2) is 0 Å². The lowest BCUT2D eigenvalue weighted by atomic mass is 10.0. The van der Waals surface area contributed by atoms with Crippen LogP contribution in [0.15, 0.2) is 35.4 Å². The Labute approximate surface area is 163 Å². The van der Waals surface area contributed by atoms with Gasteiger partial charge in [0.2, 0.25) is 0 Å². The zero-order valence-electron chi connectivity index (χ0n) is 12.4. The Morgan fingerprint density at radius 2 is 1.78 bits per heavy atom. The van der Waals surface area contributed by atoms with Crippen LogP contribution in [0.3, 0.4) is 0 Å². The Hall–Kier alpha value is -0.160. The SMILES string of the molecule is Cl.Cl.Clc1cc(Cl)c(SCc2ccccn2)c2c1CCNCC2. The fraction of sp³-hybridized carbons (Fsp3) is 0.312. The summed E-state index contributed by atoms with van der Waals surface area (Å²) in [6.45, 7) is 1.94. The molecule has 1 aliphatic heterocycles. The minimum absolute atomic E-state index is 0. The molecule has 23 heavy (non-hydrogen) atoms. The molecule has 0 spiro atoms. The molecule has 0 fully saturated rings. The number of benzene rings is 1. The predicted octanol–water partition coefficient (Wildman–Crippen LogP) is 5.21. The van der Waals surface area contributed by atoms with Crippen LogP contribution in [0.1, 0.15) is 16.8 Å². The van der Waals surface area contributed by atoms with Crippen molar-refractivity contribution in [3.8, 4) is 0 Å². The van der Waals surface area contributed by atoms with Crippen molar-refractivity contribution in [1.82, 2.24) is 10.3 Å². The monoisotopic (exact) mass is 410 g/mol. The highest BCUT2D eigenvalue weighted by atomic mass is 35.5. The Morgan fingerprint density at radius 1 is 1.04 bits per heavy atom. The number of aromatic nitrogens is 1. The first-order valence-electron chi connectivity index (χ1n) is 6.99. The zero-order valence-corrected chi connectivity index (χ0v) is 16.3. The van der Waals surface area contributed by atoms with Gasteiger partial charge in [-0.05, 0) is 55.3 Å². The van der Waals surface area contributed by atoms with E-state index in [9.17, 15) is 0 Å². The van der Waals surface area contributed by atoms with Crippen LogP contribution < -0.4 is 5.32 Å². The lowest BCUT2D eigenvalue weighted by Gasteiger charge is -2.15. The standard InChI is InChI=1S/C16H16Cl2N2S.2ClH/c17-14-9-15(18)16(13-5-8-19-7-4-12(13)14)21-10-11-3-1-2-6-20-11;;/h1-3,6,9,19H,4-5,7-8,10H2;2*1H. The number of hydrogen-bond acceptors (Lipinski definition) is 3. The zero-order chi connectivity index (χ0) is 14.7. The Balaban J connectivity index is 0.00000132. The van der Waals surface area contributed by atoms with Crippen LogP contribution in [-0.4, -0.2) is 18.1 Å². The fourth-order valence-corrected chi connectivity index (χ4v) is 4.38. The minimum atomic E-state index is 0. The van der Waals surface area contributed by atoms with E-state index in [4.69, 9.17) is 23.2 Å². The van der Waals surface area contributed by atoms with Crippen LogP contribution >= 0.6 is 59.8 Å². The molecule has 7 heteroatoms. The minimum Gasteiger partial charge on any atom is -0.316 e. The molecule has 0 aliphatic carbocycles. The van der Waals surface area contributed by atoms with E-state index in [1.807, 2.05) is 30.5 Å². The summed E-state index contributed by atoms with van der Waals surface area (Å²) >= 11 is 14.6. The van der Waals surface area contributed by atoms with Crippen LogP contribution in [0, 0.1) is 0 Å². The maximum atomic E-state index is 6.44. The summed E-state index contributed by atoms with van der Waals surface area (Å²) in [4.78, 5) is 5.53. The Kier molecular flexibility index (Phi) is 9.06. The topological polar surface area (TPSA) is 24.9 Å². The third kappa shape index (κ3) is 5.15. The third-order valence-corrected chi connectivity index (χ3v) is 5.53. The van der Waals surface area contributed by atoms with E-state index in [2.05, 4.69) is 10.3 Å². The molecule has 1 aromatic heterocycles. The Bertz CT molecular complexity index is 638. The van der Waals surface area contributed by atoms with Gasteiger partial charge in [0, 0.05) is 21.9 Å². The molecular weight excluding hydrogens is 394 g/mol. The number of rotatable bonds is 3. The average molecular weight is 412 g/mol. The maximum Gasteiger partial charge on any atom is 0.0559 e. The summed E-state index contributed by atoms with van der Waals surface area (Å²) in [5.41, 5.74) is 3.61. The lowest BCUT2D eigenvalue weighted by molar-refractivity contribution is 0.709. The number of halogens is 4. The van der Waals surface area contributed by atoms with Gasteiger partial charge < -0.3 is 5.32 Å². The van der Waals surface area contributed by atoms with Gasteiger partial charge in [-0.1, -0.05) is 29.3 Å². The van der Waals surface area contributed by atoms with Crippen LogP contribution in [-0.2, 0) is 18.6 Å². The highest BCUT2D eigenvalue weighted by Crippen LogP contribution is 2.39. The molecule has 0 bridgehead atoms. The number of pyridine rings is 1. The molecule has 0 unspecified atom stereocenters. The Morgan fingerprint density at radius 3 is 2.48 bits per heavy atom. The van der Waals surface area contributed by atoms with E-state index >= 15 is 0 Å². The summed E-state index contributed by atoms with van der Waals surface area (Å²) in [6, 6.07) is 7.86. The van der Waals surface area contributed by atoms with E-state index in [1.165, 1.54) is 11.1 Å². The van der Waals surface area contributed by atoms with Crippen molar-refractivity contribution in [2.75, 3.05) is 13.1 Å². The summed E-state index contributed by atoms with van der Waals surface area (Å²) in [7, 11) is 0. The van der Waals surface area contributed by atoms with Crippen molar-refractivity contribution in [2.24, 2.45) is 0 Å². The summed E-state index contributed by atoms with van der Waals surface area (Å²) < 4.78 is 0. The molecule has 0 atom stereocenters. The van der Waals surface area contributed by atoms with Crippen molar-refractivity contribution in [1.29, 1.82) is 0 Å². The molecule has 0 amide bonds. The number of nitrogens with one attached hydrogen (secondary N) is 1. The quantitative estimate of drug-likeness (QED) is 0.701. The van der Waals surface area contributed by atoms with Gasteiger partial charge in [-0.25, -0.2) is 0 Å². The lowest BCUT2D eigenvalue weighted by Crippen LogP contribution is -2.16. The van der Waals surface area contributed by atoms with Crippen LogP contribution in [0.2, 0.25) is 10.0 Å².